The number of aromatic hydroxyl groups is 1. The lowest BCUT2D eigenvalue weighted by atomic mass is 10.0. The zero-order chi connectivity index (χ0) is 18.4. The van der Waals surface area contributed by atoms with E-state index >= 15 is 0 Å². The van der Waals surface area contributed by atoms with Gasteiger partial charge in [-0.05, 0) is 59.6 Å². The van der Waals surface area contributed by atoms with Crippen LogP contribution in [0.5, 0.6) is 11.5 Å². The molecule has 8 heteroatoms. The van der Waals surface area contributed by atoms with E-state index in [0.29, 0.717) is 16.8 Å². The van der Waals surface area contributed by atoms with Gasteiger partial charge >= 0.3 is 0 Å². The van der Waals surface area contributed by atoms with Gasteiger partial charge in [-0.25, -0.2) is 0 Å². The van der Waals surface area contributed by atoms with Gasteiger partial charge in [0.15, 0.2) is 11.5 Å². The standard InChI is InChI=1S/C18H20BrN3O3S/c1-3-25-12-7-9(6-11(19)15(12)23)16-20-17(24)14-10-4-5-22(2)8-13(10)26-18(14)21-16/h6-7,16,21,23H,3-5,8H2,1-2H3,(H,20,24)/t16-/m1/s1. The number of rotatable bonds is 3. The summed E-state index contributed by atoms with van der Waals surface area (Å²) in [7, 11) is 2.10. The normalized spacial score (nSPS) is 19.3. The highest BCUT2D eigenvalue weighted by molar-refractivity contribution is 9.10. The van der Waals surface area contributed by atoms with E-state index in [1.54, 1.807) is 23.5 Å². The number of fused-ring (bicyclic) bond motifs is 3. The van der Waals surface area contributed by atoms with E-state index in [0.717, 1.165) is 35.6 Å². The molecule has 138 valence electrons. The minimum absolute atomic E-state index is 0.0482. The van der Waals surface area contributed by atoms with Crippen LogP contribution in [0, 0.1) is 0 Å². The van der Waals surface area contributed by atoms with E-state index in [-0.39, 0.29) is 17.8 Å². The van der Waals surface area contributed by atoms with E-state index in [1.165, 1.54) is 10.4 Å². The SMILES string of the molecule is CCOc1cc([C@@H]2NC(=O)c3c(sc4c3CCN(C)C4)N2)cc(Br)c1O. The summed E-state index contributed by atoms with van der Waals surface area (Å²) in [4.78, 5) is 16.3. The van der Waals surface area contributed by atoms with Crippen LogP contribution in [0.3, 0.4) is 0 Å². The molecule has 26 heavy (non-hydrogen) atoms. The molecule has 2 aromatic rings. The van der Waals surface area contributed by atoms with Crippen molar-refractivity contribution >= 4 is 38.2 Å². The van der Waals surface area contributed by atoms with Crippen molar-refractivity contribution in [2.75, 3.05) is 25.5 Å². The predicted octanol–water partition coefficient (Wildman–Crippen LogP) is 3.46. The third kappa shape index (κ3) is 2.95. The number of nitrogens with zero attached hydrogens (tertiary/aromatic N) is 1. The second kappa shape index (κ2) is 6.75. The number of anilines is 1. The summed E-state index contributed by atoms with van der Waals surface area (Å²) in [6, 6.07) is 3.55. The molecule has 2 aliphatic rings. The zero-order valence-electron chi connectivity index (χ0n) is 14.6. The Kier molecular flexibility index (Phi) is 4.58. The van der Waals surface area contributed by atoms with Gasteiger partial charge < -0.3 is 25.4 Å². The first-order valence-corrected chi connectivity index (χ1v) is 10.1. The highest BCUT2D eigenvalue weighted by atomic mass is 79.9. The molecule has 1 aromatic heterocycles. The Balaban J connectivity index is 1.69. The predicted molar refractivity (Wildman–Crippen MR) is 105 cm³/mol. The number of hydrogen-bond acceptors (Lipinski definition) is 6. The number of phenols is 1. The lowest BCUT2D eigenvalue weighted by molar-refractivity contribution is 0.0934. The number of likely N-dealkylation sites (N-methyl/N-ethyl adjacent to an activating group) is 1. The van der Waals surface area contributed by atoms with E-state index < -0.39 is 0 Å². The monoisotopic (exact) mass is 437 g/mol. The van der Waals surface area contributed by atoms with Gasteiger partial charge in [0.2, 0.25) is 0 Å². The molecule has 0 saturated carbocycles. The summed E-state index contributed by atoms with van der Waals surface area (Å²) < 4.78 is 6.03. The summed E-state index contributed by atoms with van der Waals surface area (Å²) in [5, 5.41) is 17.5. The zero-order valence-corrected chi connectivity index (χ0v) is 17.0. The number of amides is 1. The number of thiophene rings is 1. The van der Waals surface area contributed by atoms with Crippen LogP contribution in [0.4, 0.5) is 5.00 Å². The van der Waals surface area contributed by atoms with Crippen molar-refractivity contribution in [2.24, 2.45) is 0 Å². The van der Waals surface area contributed by atoms with Crippen LogP contribution >= 0.6 is 27.3 Å². The van der Waals surface area contributed by atoms with Crippen molar-refractivity contribution in [1.29, 1.82) is 0 Å². The maximum Gasteiger partial charge on any atom is 0.256 e. The number of ether oxygens (including phenoxy) is 1. The summed E-state index contributed by atoms with van der Waals surface area (Å²) in [5.41, 5.74) is 2.78. The van der Waals surface area contributed by atoms with Crippen molar-refractivity contribution in [1.82, 2.24) is 10.2 Å². The van der Waals surface area contributed by atoms with Crippen LogP contribution in [-0.2, 0) is 13.0 Å². The third-order valence-electron chi connectivity index (χ3n) is 4.71. The van der Waals surface area contributed by atoms with Gasteiger partial charge in [-0.3, -0.25) is 4.79 Å². The van der Waals surface area contributed by atoms with E-state index in [9.17, 15) is 9.90 Å². The number of phenolic OH excluding ortho intramolecular Hbond substituents is 1. The molecule has 3 heterocycles. The fourth-order valence-electron chi connectivity index (χ4n) is 3.44. The van der Waals surface area contributed by atoms with Crippen LogP contribution in [-0.4, -0.2) is 36.1 Å². The Labute approximate surface area is 164 Å². The minimum Gasteiger partial charge on any atom is -0.503 e. The van der Waals surface area contributed by atoms with Crippen molar-refractivity contribution < 1.29 is 14.6 Å². The Bertz CT molecular complexity index is 883. The average Bonchev–Trinajstić information content (AvgIpc) is 2.96. The lowest BCUT2D eigenvalue weighted by Crippen LogP contribution is -2.38. The fraction of sp³-hybridized carbons (Fsp3) is 0.389. The molecule has 1 atom stereocenters. The van der Waals surface area contributed by atoms with E-state index in [2.05, 4.69) is 38.5 Å². The van der Waals surface area contributed by atoms with Crippen molar-refractivity contribution in [3.8, 4) is 11.5 Å². The van der Waals surface area contributed by atoms with Gasteiger partial charge in [0.25, 0.3) is 5.91 Å². The maximum absolute atomic E-state index is 12.8. The molecular formula is C18H20BrN3O3S. The number of carbonyl (C=O) groups excluding carboxylic acids is 1. The first-order chi connectivity index (χ1) is 12.5. The van der Waals surface area contributed by atoms with Crippen LogP contribution in [0.2, 0.25) is 0 Å². The summed E-state index contributed by atoms with van der Waals surface area (Å²) in [6.07, 6.45) is 0.528. The van der Waals surface area contributed by atoms with Gasteiger partial charge in [-0.15, -0.1) is 11.3 Å². The van der Waals surface area contributed by atoms with E-state index in [1.807, 2.05) is 6.92 Å². The molecule has 6 nitrogen and oxygen atoms in total. The van der Waals surface area contributed by atoms with Gasteiger partial charge in [0, 0.05) is 18.0 Å². The Morgan fingerprint density at radius 1 is 1.42 bits per heavy atom. The number of carbonyl (C=O) groups is 1. The van der Waals surface area contributed by atoms with Crippen LogP contribution < -0.4 is 15.4 Å². The highest BCUT2D eigenvalue weighted by Crippen LogP contribution is 2.42. The Hall–Kier alpha value is -1.77. The van der Waals surface area contributed by atoms with Gasteiger partial charge in [0.05, 0.1) is 16.6 Å². The molecule has 2 aliphatic heterocycles. The molecule has 3 N–H and O–H groups in total. The Morgan fingerprint density at radius 2 is 2.23 bits per heavy atom. The number of hydrogen-bond donors (Lipinski definition) is 3. The van der Waals surface area contributed by atoms with Gasteiger partial charge in [-0.2, -0.15) is 0 Å². The van der Waals surface area contributed by atoms with Crippen molar-refractivity contribution in [2.45, 2.75) is 26.1 Å². The topological polar surface area (TPSA) is 73.8 Å². The quantitative estimate of drug-likeness (QED) is 0.685. The second-order valence-corrected chi connectivity index (χ2v) is 8.49. The van der Waals surface area contributed by atoms with Crippen molar-refractivity contribution in [3.63, 3.8) is 0 Å². The molecule has 0 unspecified atom stereocenters. The van der Waals surface area contributed by atoms with E-state index in [4.69, 9.17) is 4.74 Å². The average molecular weight is 438 g/mol. The van der Waals surface area contributed by atoms with Gasteiger partial charge in [0.1, 0.15) is 11.2 Å². The van der Waals surface area contributed by atoms with Gasteiger partial charge in [-0.1, -0.05) is 0 Å². The second-order valence-electron chi connectivity index (χ2n) is 6.53. The Morgan fingerprint density at radius 3 is 3.00 bits per heavy atom. The lowest BCUT2D eigenvalue weighted by Gasteiger charge is -2.28. The fourth-order valence-corrected chi connectivity index (χ4v) is 5.25. The molecule has 0 aliphatic carbocycles. The number of nitrogens with one attached hydrogen (secondary N) is 2. The van der Waals surface area contributed by atoms with Crippen LogP contribution in [0.25, 0.3) is 0 Å². The number of halogens is 1. The first kappa shape index (κ1) is 17.6. The molecule has 1 amide bonds. The molecule has 0 saturated heterocycles. The number of benzene rings is 1. The molecule has 4 rings (SSSR count). The first-order valence-electron chi connectivity index (χ1n) is 8.53. The molecule has 0 fully saturated rings. The third-order valence-corrected chi connectivity index (χ3v) is 6.46. The minimum atomic E-state index is -0.371. The summed E-state index contributed by atoms with van der Waals surface area (Å²) >= 11 is 5.02. The summed E-state index contributed by atoms with van der Waals surface area (Å²) in [6.45, 7) is 4.16. The largest absolute Gasteiger partial charge is 0.503 e. The summed E-state index contributed by atoms with van der Waals surface area (Å²) in [5.74, 6) is 0.409. The smallest absolute Gasteiger partial charge is 0.256 e. The molecule has 0 bridgehead atoms. The molecule has 0 spiro atoms. The van der Waals surface area contributed by atoms with Crippen LogP contribution in [0.15, 0.2) is 16.6 Å². The maximum atomic E-state index is 12.8. The van der Waals surface area contributed by atoms with Crippen molar-refractivity contribution in [3.05, 3.63) is 38.2 Å². The molecular weight excluding hydrogens is 418 g/mol. The molecule has 0 radical (unpaired) electrons. The molecule has 1 aromatic carbocycles. The highest BCUT2D eigenvalue weighted by Gasteiger charge is 2.33. The van der Waals surface area contributed by atoms with Crippen LogP contribution in [0.1, 0.15) is 39.5 Å².